The minimum Gasteiger partial charge on any atom is -0.478 e. The van der Waals surface area contributed by atoms with Crippen LogP contribution in [-0.2, 0) is 5.54 Å². The Morgan fingerprint density at radius 3 is 2.94 bits per heavy atom. The van der Waals surface area contributed by atoms with Crippen LogP contribution in [0.1, 0.15) is 23.0 Å². The second-order valence-corrected chi connectivity index (χ2v) is 4.32. The minimum atomic E-state index is -1.15. The van der Waals surface area contributed by atoms with Crippen molar-refractivity contribution in [1.82, 2.24) is 15.1 Å². The molecule has 92 valence electrons. The third-order valence-electron chi connectivity index (χ3n) is 2.89. The van der Waals surface area contributed by atoms with Crippen LogP contribution in [0, 0.1) is 11.3 Å². The number of nitrogens with one attached hydrogen (secondary N) is 1. The lowest BCUT2D eigenvalue weighted by Crippen LogP contribution is -2.41. The molecule has 0 bridgehead atoms. The Bertz CT molecular complexity index is 594. The van der Waals surface area contributed by atoms with Gasteiger partial charge in [0.15, 0.2) is 5.69 Å². The number of nitriles is 1. The molecule has 0 radical (unpaired) electrons. The van der Waals surface area contributed by atoms with Crippen LogP contribution in [-0.4, -0.2) is 27.4 Å². The molecule has 0 saturated heterocycles. The molecule has 1 unspecified atom stereocenters. The molecule has 0 aromatic carbocycles. The third kappa shape index (κ3) is 1.86. The lowest BCUT2D eigenvalue weighted by atomic mass is 9.98. The lowest BCUT2D eigenvalue weighted by Gasteiger charge is -2.31. The third-order valence-corrected chi connectivity index (χ3v) is 2.89. The van der Waals surface area contributed by atoms with Crippen molar-refractivity contribution in [1.29, 1.82) is 5.26 Å². The highest BCUT2D eigenvalue weighted by Crippen LogP contribution is 2.22. The second-order valence-electron chi connectivity index (χ2n) is 4.32. The number of rotatable bonds is 2. The zero-order chi connectivity index (χ0) is 13.3. The molecule has 0 amide bonds. The van der Waals surface area contributed by atoms with Gasteiger partial charge < -0.3 is 10.4 Å². The summed E-state index contributed by atoms with van der Waals surface area (Å²) in [7, 11) is 0. The summed E-state index contributed by atoms with van der Waals surface area (Å²) in [4.78, 5) is 11.0. The van der Waals surface area contributed by atoms with Gasteiger partial charge in [0.25, 0.3) is 0 Å². The summed E-state index contributed by atoms with van der Waals surface area (Å²) < 4.78 is 1.49. The number of aromatic carboxylic acids is 1. The predicted molar refractivity (Wildman–Crippen MR) is 63.8 cm³/mol. The number of carbonyl (C=O) groups is 1. The van der Waals surface area contributed by atoms with E-state index < -0.39 is 11.5 Å². The molecule has 18 heavy (non-hydrogen) atoms. The Labute approximate surface area is 104 Å². The van der Waals surface area contributed by atoms with Gasteiger partial charge in [-0.15, -0.1) is 0 Å². The van der Waals surface area contributed by atoms with Gasteiger partial charge in [-0.1, -0.05) is 12.7 Å². The first-order valence-corrected chi connectivity index (χ1v) is 5.32. The maximum atomic E-state index is 11.0. The molecule has 1 aliphatic rings. The maximum Gasteiger partial charge on any atom is 0.340 e. The smallest absolute Gasteiger partial charge is 0.340 e. The van der Waals surface area contributed by atoms with E-state index in [0.29, 0.717) is 6.54 Å². The van der Waals surface area contributed by atoms with E-state index in [-0.39, 0.29) is 11.3 Å². The van der Waals surface area contributed by atoms with Crippen molar-refractivity contribution in [3.63, 3.8) is 0 Å². The molecule has 0 aliphatic carbocycles. The summed E-state index contributed by atoms with van der Waals surface area (Å²) in [6.07, 6.45) is 5.06. The Balaban J connectivity index is 2.47. The Kier molecular flexibility index (Phi) is 2.67. The van der Waals surface area contributed by atoms with Crippen LogP contribution in [0.15, 0.2) is 30.6 Å². The van der Waals surface area contributed by atoms with Crippen molar-refractivity contribution in [2.24, 2.45) is 0 Å². The molecule has 6 heteroatoms. The van der Waals surface area contributed by atoms with E-state index in [9.17, 15) is 4.79 Å². The molecule has 0 spiro atoms. The fourth-order valence-corrected chi connectivity index (χ4v) is 1.72. The predicted octanol–water partition coefficient (Wildman–Crippen LogP) is 0.841. The van der Waals surface area contributed by atoms with Crippen LogP contribution < -0.4 is 5.32 Å². The molecule has 2 N–H and O–H groups in total. The van der Waals surface area contributed by atoms with E-state index in [4.69, 9.17) is 10.4 Å². The quantitative estimate of drug-likeness (QED) is 0.804. The van der Waals surface area contributed by atoms with Crippen LogP contribution in [0.4, 0.5) is 0 Å². The fourth-order valence-electron chi connectivity index (χ4n) is 1.72. The second kappa shape index (κ2) is 4.04. The van der Waals surface area contributed by atoms with Crippen molar-refractivity contribution in [2.45, 2.75) is 12.5 Å². The van der Waals surface area contributed by atoms with E-state index in [2.05, 4.69) is 17.0 Å². The monoisotopic (exact) mass is 244 g/mol. The van der Waals surface area contributed by atoms with Crippen molar-refractivity contribution in [3.05, 3.63) is 41.9 Å². The van der Waals surface area contributed by atoms with Gasteiger partial charge in [-0.25, -0.2) is 4.79 Å². The minimum absolute atomic E-state index is 0.0819. The number of aromatic nitrogens is 2. The van der Waals surface area contributed by atoms with Gasteiger partial charge in [0.1, 0.15) is 11.6 Å². The summed E-state index contributed by atoms with van der Waals surface area (Å²) in [5, 5.41) is 24.9. The Morgan fingerprint density at radius 1 is 1.78 bits per heavy atom. The van der Waals surface area contributed by atoms with Crippen LogP contribution >= 0.6 is 0 Å². The topological polar surface area (TPSA) is 90.9 Å². The van der Waals surface area contributed by atoms with E-state index in [0.717, 1.165) is 5.70 Å². The molecular formula is C12H12N4O2. The summed E-state index contributed by atoms with van der Waals surface area (Å²) in [5.41, 5.74) is 0.108. The van der Waals surface area contributed by atoms with Crippen molar-refractivity contribution in [3.8, 4) is 6.07 Å². The average molecular weight is 244 g/mol. The molecule has 1 aromatic rings. The number of carboxylic acid groups (broad SMARTS) is 1. The van der Waals surface area contributed by atoms with Gasteiger partial charge in [-0.05, 0) is 13.0 Å². The number of hydrogen-bond donors (Lipinski definition) is 2. The first kappa shape index (κ1) is 11.9. The van der Waals surface area contributed by atoms with Gasteiger partial charge in [-0.3, -0.25) is 4.68 Å². The fraction of sp³-hybridized carbons (Fsp3) is 0.250. The largest absolute Gasteiger partial charge is 0.478 e. The van der Waals surface area contributed by atoms with Crippen molar-refractivity contribution >= 4 is 5.97 Å². The van der Waals surface area contributed by atoms with Crippen LogP contribution in [0.2, 0.25) is 0 Å². The number of carboxylic acids is 1. The average Bonchev–Trinajstić information content (AvgIpc) is 2.78. The van der Waals surface area contributed by atoms with Crippen LogP contribution in [0.5, 0.6) is 0 Å². The molecular weight excluding hydrogens is 232 g/mol. The SMILES string of the molecule is C=C1C=CC(C)(n2cc(C(=O)O)c(C#N)n2)CN1. The number of allylic oxidation sites excluding steroid dienone is 1. The highest BCUT2D eigenvalue weighted by atomic mass is 16.4. The number of hydrogen-bond acceptors (Lipinski definition) is 4. The first-order chi connectivity index (χ1) is 8.46. The van der Waals surface area contributed by atoms with Gasteiger partial charge >= 0.3 is 5.97 Å². The highest BCUT2D eigenvalue weighted by Gasteiger charge is 2.29. The van der Waals surface area contributed by atoms with E-state index in [1.54, 1.807) is 12.1 Å². The normalized spacial score (nSPS) is 22.3. The lowest BCUT2D eigenvalue weighted by molar-refractivity contribution is 0.0696. The van der Waals surface area contributed by atoms with Crippen LogP contribution in [0.25, 0.3) is 0 Å². The molecule has 6 nitrogen and oxygen atoms in total. The van der Waals surface area contributed by atoms with Gasteiger partial charge in [0.2, 0.25) is 0 Å². The summed E-state index contributed by atoms with van der Waals surface area (Å²) in [6.45, 7) is 6.19. The summed E-state index contributed by atoms with van der Waals surface area (Å²) in [5.74, 6) is -1.15. The van der Waals surface area contributed by atoms with E-state index in [1.165, 1.54) is 10.9 Å². The van der Waals surface area contributed by atoms with Crippen molar-refractivity contribution < 1.29 is 9.90 Å². The molecule has 0 saturated carbocycles. The van der Waals surface area contributed by atoms with E-state index >= 15 is 0 Å². The molecule has 0 fully saturated rings. The molecule has 1 aliphatic heterocycles. The zero-order valence-electron chi connectivity index (χ0n) is 9.84. The standard InChI is InChI=1S/C12H12N4O2/c1-8-3-4-12(2,7-14-8)16-6-9(11(17)18)10(5-13)15-16/h3-4,6,14H,1,7H2,2H3,(H,17,18). The van der Waals surface area contributed by atoms with Crippen LogP contribution in [0.3, 0.4) is 0 Å². The Morgan fingerprint density at radius 2 is 2.50 bits per heavy atom. The molecule has 2 heterocycles. The highest BCUT2D eigenvalue weighted by molar-refractivity contribution is 5.89. The summed E-state index contributed by atoms with van der Waals surface area (Å²) in [6, 6.07) is 1.79. The molecule has 1 aromatic heterocycles. The van der Waals surface area contributed by atoms with Gasteiger partial charge in [-0.2, -0.15) is 10.4 Å². The summed E-state index contributed by atoms with van der Waals surface area (Å²) >= 11 is 0. The van der Waals surface area contributed by atoms with E-state index in [1.807, 2.05) is 13.0 Å². The molecule has 2 rings (SSSR count). The van der Waals surface area contributed by atoms with Gasteiger partial charge in [0, 0.05) is 18.4 Å². The van der Waals surface area contributed by atoms with Gasteiger partial charge in [0.05, 0.1) is 5.54 Å². The molecule has 1 atom stereocenters. The number of nitrogens with zero attached hydrogens (tertiary/aromatic N) is 3. The Hall–Kier alpha value is -2.55. The van der Waals surface area contributed by atoms with Crippen molar-refractivity contribution in [2.75, 3.05) is 6.54 Å². The first-order valence-electron chi connectivity index (χ1n) is 5.32. The zero-order valence-corrected chi connectivity index (χ0v) is 9.84. The maximum absolute atomic E-state index is 11.0.